The topological polar surface area (TPSA) is 131 Å². The predicted octanol–water partition coefficient (Wildman–Crippen LogP) is 2.29. The second-order valence-corrected chi connectivity index (χ2v) is 6.27. The quantitative estimate of drug-likeness (QED) is 0.570. The molecule has 2 aromatic rings. The summed E-state index contributed by atoms with van der Waals surface area (Å²) >= 11 is 7.06. The van der Waals surface area contributed by atoms with Crippen LogP contribution in [0.5, 0.6) is 0 Å². The van der Waals surface area contributed by atoms with Crippen molar-refractivity contribution in [3.63, 3.8) is 0 Å². The summed E-state index contributed by atoms with van der Waals surface area (Å²) in [5.74, 6) is 0.221. The summed E-state index contributed by atoms with van der Waals surface area (Å²) < 4.78 is 0. The lowest BCUT2D eigenvalue weighted by atomic mass is 10.2. The molecule has 1 heterocycles. The van der Waals surface area contributed by atoms with Gasteiger partial charge in [0.25, 0.3) is 0 Å². The smallest absolute Gasteiger partial charge is 0.237 e. The molecule has 23 heavy (non-hydrogen) atoms. The van der Waals surface area contributed by atoms with Crippen LogP contribution in [0.3, 0.4) is 0 Å². The average Bonchev–Trinajstić information content (AvgIpc) is 2.46. The van der Waals surface area contributed by atoms with Gasteiger partial charge in [0.2, 0.25) is 5.91 Å². The van der Waals surface area contributed by atoms with Gasteiger partial charge in [-0.1, -0.05) is 23.4 Å². The molecule has 0 aliphatic rings. The first-order chi connectivity index (χ1) is 10.9. The monoisotopic (exact) mass is 348 g/mol. The molecule has 1 aromatic carbocycles. The van der Waals surface area contributed by atoms with Crippen molar-refractivity contribution >= 4 is 46.6 Å². The van der Waals surface area contributed by atoms with Crippen LogP contribution in [0, 0.1) is 11.3 Å². The largest absolute Gasteiger partial charge is 0.383 e. The number of hydrogen-bond donors (Lipinski definition) is 3. The highest BCUT2D eigenvalue weighted by molar-refractivity contribution is 8.00. The van der Waals surface area contributed by atoms with Gasteiger partial charge in [-0.25, -0.2) is 9.97 Å². The number of nitrogens with two attached hydrogens (primary N) is 2. The van der Waals surface area contributed by atoms with E-state index in [2.05, 4.69) is 15.3 Å². The Bertz CT molecular complexity index is 771. The fourth-order valence-corrected chi connectivity index (χ4v) is 2.67. The number of rotatable bonds is 4. The van der Waals surface area contributed by atoms with Gasteiger partial charge < -0.3 is 16.8 Å². The molecule has 9 heteroatoms. The lowest BCUT2D eigenvalue weighted by molar-refractivity contribution is -0.115. The number of carbonyl (C=O) groups is 1. The van der Waals surface area contributed by atoms with E-state index < -0.39 is 5.25 Å². The van der Waals surface area contributed by atoms with Crippen molar-refractivity contribution in [2.75, 3.05) is 16.8 Å². The molecule has 0 spiro atoms. The molecule has 0 fully saturated rings. The highest BCUT2D eigenvalue weighted by atomic mass is 35.5. The molecule has 2 rings (SSSR count). The number of hydrogen-bond acceptors (Lipinski definition) is 7. The van der Waals surface area contributed by atoms with Crippen LogP contribution in [-0.2, 0) is 4.79 Å². The first-order valence-electron chi connectivity index (χ1n) is 6.46. The minimum absolute atomic E-state index is 0.242. The standard InChI is InChI=1S/C14H13ClN6OS/c1-7(23-14-20-11(17)5-12(18)21-14)13(22)19-9-3-2-8(6-16)10(15)4-9/h2-5,7H,1H3,(H,19,22)(H4,17,18,20,21). The van der Waals surface area contributed by atoms with Crippen molar-refractivity contribution in [2.45, 2.75) is 17.3 Å². The number of thioether (sulfide) groups is 1. The molecule has 1 unspecified atom stereocenters. The highest BCUT2D eigenvalue weighted by Crippen LogP contribution is 2.24. The molecule has 1 atom stereocenters. The molecule has 7 nitrogen and oxygen atoms in total. The van der Waals surface area contributed by atoms with E-state index >= 15 is 0 Å². The van der Waals surface area contributed by atoms with Gasteiger partial charge in [-0.15, -0.1) is 0 Å². The van der Waals surface area contributed by atoms with Gasteiger partial charge in [0, 0.05) is 11.8 Å². The molecule has 118 valence electrons. The molecule has 5 N–H and O–H groups in total. The van der Waals surface area contributed by atoms with Crippen LogP contribution in [-0.4, -0.2) is 21.1 Å². The van der Waals surface area contributed by atoms with Crippen molar-refractivity contribution in [1.29, 1.82) is 5.26 Å². The number of nitrogens with one attached hydrogen (secondary N) is 1. The summed E-state index contributed by atoms with van der Waals surface area (Å²) in [6, 6.07) is 8.05. The molecular formula is C14H13ClN6OS. The number of carbonyl (C=O) groups excluding carboxylic acids is 1. The minimum Gasteiger partial charge on any atom is -0.383 e. The fraction of sp³-hybridized carbons (Fsp3) is 0.143. The predicted molar refractivity (Wildman–Crippen MR) is 91.0 cm³/mol. The number of benzene rings is 1. The zero-order valence-electron chi connectivity index (χ0n) is 12.1. The summed E-state index contributed by atoms with van der Waals surface area (Å²) in [5.41, 5.74) is 12.0. The molecule has 0 bridgehead atoms. The maximum atomic E-state index is 12.2. The Labute approximate surface area is 142 Å². The lowest BCUT2D eigenvalue weighted by Crippen LogP contribution is -2.22. The first kappa shape index (κ1) is 16.9. The van der Waals surface area contributed by atoms with E-state index in [9.17, 15) is 4.79 Å². The van der Waals surface area contributed by atoms with E-state index in [0.29, 0.717) is 16.4 Å². The van der Waals surface area contributed by atoms with E-state index in [4.69, 9.17) is 28.3 Å². The third kappa shape index (κ3) is 4.48. The number of amides is 1. The van der Waals surface area contributed by atoms with Crippen molar-refractivity contribution in [1.82, 2.24) is 9.97 Å². The number of nitriles is 1. The normalized spacial score (nSPS) is 11.5. The summed E-state index contributed by atoms with van der Waals surface area (Å²) in [4.78, 5) is 20.2. The Morgan fingerprint density at radius 1 is 1.35 bits per heavy atom. The summed E-state index contributed by atoms with van der Waals surface area (Å²) in [5, 5.41) is 11.7. The third-order valence-corrected chi connectivity index (χ3v) is 4.03. The minimum atomic E-state index is -0.481. The third-order valence-electron chi connectivity index (χ3n) is 2.75. The zero-order valence-corrected chi connectivity index (χ0v) is 13.6. The first-order valence-corrected chi connectivity index (χ1v) is 7.72. The van der Waals surface area contributed by atoms with E-state index in [-0.39, 0.29) is 22.6 Å². The lowest BCUT2D eigenvalue weighted by Gasteiger charge is -2.12. The highest BCUT2D eigenvalue weighted by Gasteiger charge is 2.17. The van der Waals surface area contributed by atoms with Crippen molar-refractivity contribution in [3.8, 4) is 6.07 Å². The van der Waals surface area contributed by atoms with Crippen LogP contribution in [0.25, 0.3) is 0 Å². The summed E-state index contributed by atoms with van der Waals surface area (Å²) in [7, 11) is 0. The van der Waals surface area contributed by atoms with Crippen LogP contribution in [0.1, 0.15) is 12.5 Å². The van der Waals surface area contributed by atoms with Crippen molar-refractivity contribution in [2.24, 2.45) is 0 Å². The van der Waals surface area contributed by atoms with Crippen molar-refractivity contribution in [3.05, 3.63) is 34.9 Å². The fourth-order valence-electron chi connectivity index (χ4n) is 1.65. The van der Waals surface area contributed by atoms with E-state index in [1.165, 1.54) is 18.2 Å². The average molecular weight is 349 g/mol. The van der Waals surface area contributed by atoms with Crippen LogP contribution in [0.2, 0.25) is 5.02 Å². The maximum absolute atomic E-state index is 12.2. The van der Waals surface area contributed by atoms with E-state index in [1.807, 2.05) is 6.07 Å². The number of halogens is 1. The van der Waals surface area contributed by atoms with Gasteiger partial charge >= 0.3 is 0 Å². The number of nitrogen functional groups attached to an aromatic ring is 2. The van der Waals surface area contributed by atoms with Gasteiger partial charge in [-0.3, -0.25) is 4.79 Å². The van der Waals surface area contributed by atoms with Crippen LogP contribution >= 0.6 is 23.4 Å². The van der Waals surface area contributed by atoms with Gasteiger partial charge in [0.05, 0.1) is 15.8 Å². The Balaban J connectivity index is 2.05. The molecule has 0 radical (unpaired) electrons. The van der Waals surface area contributed by atoms with E-state index in [0.717, 1.165) is 11.8 Å². The number of nitrogens with zero attached hydrogens (tertiary/aromatic N) is 3. The van der Waals surface area contributed by atoms with Crippen molar-refractivity contribution < 1.29 is 4.79 Å². The van der Waals surface area contributed by atoms with Crippen LogP contribution < -0.4 is 16.8 Å². The molecular weight excluding hydrogens is 336 g/mol. The number of anilines is 3. The van der Waals surface area contributed by atoms with Gasteiger partial charge in [-0.05, 0) is 25.1 Å². The molecule has 0 saturated heterocycles. The summed E-state index contributed by atoms with van der Waals surface area (Å²) in [6.07, 6.45) is 0. The Hall–Kier alpha value is -2.50. The SMILES string of the molecule is CC(Sc1nc(N)cc(N)n1)C(=O)Nc1ccc(C#N)c(Cl)c1. The summed E-state index contributed by atoms with van der Waals surface area (Å²) in [6.45, 7) is 1.70. The van der Waals surface area contributed by atoms with Gasteiger partial charge in [0.1, 0.15) is 17.7 Å². The second kappa shape index (κ2) is 7.17. The molecule has 1 aromatic heterocycles. The maximum Gasteiger partial charge on any atom is 0.237 e. The Kier molecular flexibility index (Phi) is 5.26. The zero-order chi connectivity index (χ0) is 17.0. The Morgan fingerprint density at radius 3 is 2.57 bits per heavy atom. The number of aromatic nitrogens is 2. The molecule has 0 aliphatic heterocycles. The molecule has 0 aliphatic carbocycles. The van der Waals surface area contributed by atoms with Crippen LogP contribution in [0.4, 0.5) is 17.3 Å². The van der Waals surface area contributed by atoms with Gasteiger partial charge in [0.15, 0.2) is 5.16 Å². The van der Waals surface area contributed by atoms with Gasteiger partial charge in [-0.2, -0.15) is 5.26 Å². The van der Waals surface area contributed by atoms with Crippen LogP contribution in [0.15, 0.2) is 29.4 Å². The second-order valence-electron chi connectivity index (χ2n) is 4.56. The molecule has 1 amide bonds. The van der Waals surface area contributed by atoms with E-state index in [1.54, 1.807) is 13.0 Å². The molecule has 0 saturated carbocycles. The Morgan fingerprint density at radius 2 is 2.00 bits per heavy atom.